The number of fused-ring (bicyclic) bond motifs is 1. The highest BCUT2D eigenvalue weighted by molar-refractivity contribution is 6.11. The molecule has 2 aliphatic heterocycles. The van der Waals surface area contributed by atoms with Crippen LogP contribution >= 0.6 is 0 Å². The lowest BCUT2D eigenvalue weighted by Crippen LogP contribution is -2.42. The van der Waals surface area contributed by atoms with E-state index in [0.717, 1.165) is 50.7 Å². The first-order valence-corrected chi connectivity index (χ1v) is 14.0. The first-order valence-electron chi connectivity index (χ1n) is 14.0. The zero-order chi connectivity index (χ0) is 28.5. The number of carbonyl (C=O) groups is 2. The van der Waals surface area contributed by atoms with Crippen LogP contribution < -0.4 is 11.1 Å². The molecule has 2 fully saturated rings. The summed E-state index contributed by atoms with van der Waals surface area (Å²) >= 11 is 0. The van der Waals surface area contributed by atoms with Gasteiger partial charge < -0.3 is 20.9 Å². The predicted molar refractivity (Wildman–Crippen MR) is 154 cm³/mol. The molecule has 1 atom stereocenters. The molecule has 2 amide bonds. The molecule has 0 spiro atoms. The van der Waals surface area contributed by atoms with E-state index in [4.69, 9.17) is 5.73 Å². The molecule has 4 N–H and O–H groups in total. The van der Waals surface area contributed by atoms with Crippen molar-refractivity contribution in [3.05, 3.63) is 88.5 Å². The summed E-state index contributed by atoms with van der Waals surface area (Å²) in [6, 6.07) is 13.9. The standard InChI is InChI=1S/C31H32F2N6O2/c32-22-13-20(14-23(33)17-22)12-19-5-8-28-26(15-19)29(37-36-28)35-30(40)25-7-6-21(16-27(25)34)31(41)39-11-3-4-24(39)18-38-9-1-2-10-38/h5-8,13-17,24H,1-4,9-12,18,34H2,(H2,35,36,37,40)/t24-/m0/s1. The average Bonchev–Trinajstić information content (AvgIpc) is 3.70. The Morgan fingerprint density at radius 2 is 1.73 bits per heavy atom. The molecule has 3 heterocycles. The van der Waals surface area contributed by atoms with E-state index in [1.165, 1.54) is 25.0 Å². The van der Waals surface area contributed by atoms with Crippen LogP contribution in [-0.4, -0.2) is 64.0 Å². The van der Waals surface area contributed by atoms with Crippen LogP contribution in [0.4, 0.5) is 20.3 Å². The van der Waals surface area contributed by atoms with E-state index in [1.807, 2.05) is 17.0 Å². The van der Waals surface area contributed by atoms with Crippen molar-refractivity contribution < 1.29 is 18.4 Å². The van der Waals surface area contributed by atoms with Gasteiger partial charge in [0, 0.05) is 41.8 Å². The SMILES string of the molecule is Nc1cc(C(=O)N2CCC[C@H]2CN2CCCC2)ccc1C(=O)Nc1n[nH]c2ccc(Cc3cc(F)cc(F)c3)cc12. The molecule has 0 bridgehead atoms. The number of rotatable bonds is 7. The van der Waals surface area contributed by atoms with Crippen LogP contribution in [0.2, 0.25) is 0 Å². The number of hydrogen-bond donors (Lipinski definition) is 3. The summed E-state index contributed by atoms with van der Waals surface area (Å²) < 4.78 is 27.3. The van der Waals surface area contributed by atoms with E-state index in [1.54, 1.807) is 24.3 Å². The van der Waals surface area contributed by atoms with Gasteiger partial charge in [0.1, 0.15) is 11.6 Å². The number of amides is 2. The van der Waals surface area contributed by atoms with Gasteiger partial charge in [0.2, 0.25) is 0 Å². The number of nitrogens with two attached hydrogens (primary N) is 1. The zero-order valence-corrected chi connectivity index (χ0v) is 22.6. The van der Waals surface area contributed by atoms with Gasteiger partial charge in [-0.15, -0.1) is 0 Å². The highest BCUT2D eigenvalue weighted by Crippen LogP contribution is 2.27. The number of aromatic amines is 1. The fraction of sp³-hybridized carbons (Fsp3) is 0.323. The lowest BCUT2D eigenvalue weighted by atomic mass is 10.0. The Labute approximate surface area is 236 Å². The Morgan fingerprint density at radius 1 is 0.951 bits per heavy atom. The number of H-pyrrole nitrogens is 1. The van der Waals surface area contributed by atoms with Gasteiger partial charge in [0.15, 0.2) is 5.82 Å². The number of likely N-dealkylation sites (tertiary alicyclic amines) is 2. The Bertz CT molecular complexity index is 1590. The van der Waals surface area contributed by atoms with Gasteiger partial charge in [-0.05, 0) is 98.8 Å². The van der Waals surface area contributed by atoms with Crippen molar-refractivity contribution in [1.29, 1.82) is 0 Å². The Hall–Kier alpha value is -4.31. The highest BCUT2D eigenvalue weighted by atomic mass is 19.1. The lowest BCUT2D eigenvalue weighted by Gasteiger charge is -2.28. The quantitative estimate of drug-likeness (QED) is 0.278. The minimum Gasteiger partial charge on any atom is -0.398 e. The summed E-state index contributed by atoms with van der Waals surface area (Å²) in [6.45, 7) is 3.81. The van der Waals surface area contributed by atoms with Crippen LogP contribution in [0.25, 0.3) is 10.9 Å². The molecule has 10 heteroatoms. The summed E-state index contributed by atoms with van der Waals surface area (Å²) in [5.74, 6) is -1.48. The molecule has 4 aromatic rings. The van der Waals surface area contributed by atoms with Gasteiger partial charge in [-0.1, -0.05) is 6.07 Å². The molecule has 8 nitrogen and oxygen atoms in total. The maximum Gasteiger partial charge on any atom is 0.258 e. The van der Waals surface area contributed by atoms with E-state index in [-0.39, 0.29) is 23.2 Å². The Balaban J connectivity index is 1.16. The summed E-state index contributed by atoms with van der Waals surface area (Å²) in [5.41, 5.74) is 9.17. The van der Waals surface area contributed by atoms with Crippen molar-refractivity contribution in [2.75, 3.05) is 37.2 Å². The summed E-state index contributed by atoms with van der Waals surface area (Å²) in [7, 11) is 0. The zero-order valence-electron chi connectivity index (χ0n) is 22.6. The number of aromatic nitrogens is 2. The van der Waals surface area contributed by atoms with Gasteiger partial charge >= 0.3 is 0 Å². The second kappa shape index (κ2) is 11.3. The van der Waals surface area contributed by atoms with Crippen LogP contribution in [0.5, 0.6) is 0 Å². The molecule has 1 aromatic heterocycles. The monoisotopic (exact) mass is 558 g/mol. The third kappa shape index (κ3) is 5.78. The van der Waals surface area contributed by atoms with Crippen LogP contribution in [0.15, 0.2) is 54.6 Å². The van der Waals surface area contributed by atoms with Gasteiger partial charge in [0.05, 0.1) is 11.1 Å². The van der Waals surface area contributed by atoms with Crippen molar-refractivity contribution in [2.24, 2.45) is 0 Å². The lowest BCUT2D eigenvalue weighted by molar-refractivity contribution is 0.0708. The predicted octanol–water partition coefficient (Wildman–Crippen LogP) is 4.97. The minimum absolute atomic E-state index is 0.0608. The van der Waals surface area contributed by atoms with Crippen LogP contribution in [0.1, 0.15) is 57.5 Å². The molecular weight excluding hydrogens is 526 g/mol. The highest BCUT2D eigenvalue weighted by Gasteiger charge is 2.31. The Morgan fingerprint density at radius 3 is 2.49 bits per heavy atom. The maximum absolute atomic E-state index is 13.6. The topological polar surface area (TPSA) is 107 Å². The second-order valence-electron chi connectivity index (χ2n) is 11.0. The van der Waals surface area contributed by atoms with Crippen molar-refractivity contribution >= 4 is 34.2 Å². The normalized spacial score (nSPS) is 17.4. The third-order valence-corrected chi connectivity index (χ3v) is 8.04. The van der Waals surface area contributed by atoms with Crippen molar-refractivity contribution in [2.45, 2.75) is 38.1 Å². The Kier molecular flexibility index (Phi) is 7.40. The van der Waals surface area contributed by atoms with Crippen LogP contribution in [-0.2, 0) is 6.42 Å². The number of nitrogens with zero attached hydrogens (tertiary/aromatic N) is 3. The molecule has 3 aromatic carbocycles. The fourth-order valence-electron chi connectivity index (χ4n) is 6.01. The molecule has 2 aliphatic rings. The number of anilines is 2. The summed E-state index contributed by atoms with van der Waals surface area (Å²) in [6.07, 6.45) is 4.72. The number of benzene rings is 3. The molecule has 0 radical (unpaired) electrons. The molecule has 41 heavy (non-hydrogen) atoms. The number of hydrogen-bond acceptors (Lipinski definition) is 5. The van der Waals surface area contributed by atoms with Gasteiger partial charge in [-0.3, -0.25) is 14.7 Å². The first kappa shape index (κ1) is 26.9. The fourth-order valence-corrected chi connectivity index (χ4v) is 6.01. The van der Waals surface area contributed by atoms with Crippen LogP contribution in [0, 0.1) is 11.6 Å². The average molecular weight is 559 g/mol. The first-order chi connectivity index (χ1) is 19.8. The minimum atomic E-state index is -0.634. The third-order valence-electron chi connectivity index (χ3n) is 8.04. The van der Waals surface area contributed by atoms with Gasteiger partial charge in [-0.25, -0.2) is 8.78 Å². The summed E-state index contributed by atoms with van der Waals surface area (Å²) in [5, 5.41) is 10.6. The van der Waals surface area contributed by atoms with Gasteiger partial charge in [-0.2, -0.15) is 5.10 Å². The number of carbonyl (C=O) groups excluding carboxylic acids is 2. The smallest absolute Gasteiger partial charge is 0.258 e. The molecule has 0 aliphatic carbocycles. The summed E-state index contributed by atoms with van der Waals surface area (Å²) in [4.78, 5) is 30.9. The van der Waals surface area contributed by atoms with Crippen LogP contribution in [0.3, 0.4) is 0 Å². The van der Waals surface area contributed by atoms with Crippen molar-refractivity contribution in [3.8, 4) is 0 Å². The molecule has 212 valence electrons. The van der Waals surface area contributed by atoms with Crippen molar-refractivity contribution in [1.82, 2.24) is 20.0 Å². The maximum atomic E-state index is 13.6. The van der Waals surface area contributed by atoms with E-state index >= 15 is 0 Å². The van der Waals surface area contributed by atoms with Crippen molar-refractivity contribution in [3.63, 3.8) is 0 Å². The number of nitrogens with one attached hydrogen (secondary N) is 2. The molecule has 2 saturated heterocycles. The number of nitrogen functional groups attached to an aromatic ring is 1. The second-order valence-corrected chi connectivity index (χ2v) is 11.0. The van der Waals surface area contributed by atoms with Gasteiger partial charge in [0.25, 0.3) is 11.8 Å². The molecule has 6 rings (SSSR count). The van der Waals surface area contributed by atoms with E-state index in [2.05, 4.69) is 20.4 Å². The van der Waals surface area contributed by atoms with E-state index < -0.39 is 17.5 Å². The molecule has 0 saturated carbocycles. The van der Waals surface area contributed by atoms with E-state index in [0.29, 0.717) is 34.3 Å². The molecule has 0 unspecified atom stereocenters. The largest absolute Gasteiger partial charge is 0.398 e. The van der Waals surface area contributed by atoms with E-state index in [9.17, 15) is 18.4 Å². The molecular formula is C31H32F2N6O2. The number of halogens is 2.